The van der Waals surface area contributed by atoms with Gasteiger partial charge in [0.05, 0.1) is 15.9 Å². The molecule has 0 spiro atoms. The van der Waals surface area contributed by atoms with Crippen LogP contribution in [0.5, 0.6) is 0 Å². The molecule has 150 valence electrons. The van der Waals surface area contributed by atoms with Gasteiger partial charge >= 0.3 is 0 Å². The highest BCUT2D eigenvalue weighted by Crippen LogP contribution is 2.31. The van der Waals surface area contributed by atoms with Crippen molar-refractivity contribution < 1.29 is 9.59 Å². The summed E-state index contributed by atoms with van der Waals surface area (Å²) in [6, 6.07) is 15.3. The van der Waals surface area contributed by atoms with Crippen molar-refractivity contribution in [1.82, 2.24) is 15.0 Å². The average Bonchev–Trinajstić information content (AvgIpc) is 3.10. The smallest absolute Gasteiger partial charge is 0.223 e. The summed E-state index contributed by atoms with van der Waals surface area (Å²) in [5, 5.41) is 6.67. The molecule has 0 atom stereocenters. The summed E-state index contributed by atoms with van der Waals surface area (Å²) in [5.74, 6) is -0.245. The van der Waals surface area contributed by atoms with Crippen LogP contribution in [0.2, 0.25) is 0 Å². The van der Waals surface area contributed by atoms with Gasteiger partial charge in [-0.3, -0.25) is 9.59 Å². The molecule has 2 aromatic carbocycles. The van der Waals surface area contributed by atoms with Crippen LogP contribution in [0.15, 0.2) is 64.8 Å². The number of nitrogens with zero attached hydrogens (tertiary/aromatic N) is 3. The molecular formula is C21H17N5O2S2. The van der Waals surface area contributed by atoms with Crippen LogP contribution >= 0.6 is 23.1 Å². The first kappa shape index (κ1) is 20.0. The van der Waals surface area contributed by atoms with Crippen LogP contribution in [0, 0.1) is 0 Å². The summed E-state index contributed by atoms with van der Waals surface area (Å²) >= 11 is 2.87. The minimum Gasteiger partial charge on any atom is -0.326 e. The molecule has 0 aliphatic rings. The molecule has 0 aliphatic heterocycles. The Hall–Kier alpha value is -3.30. The van der Waals surface area contributed by atoms with E-state index in [1.54, 1.807) is 6.20 Å². The Labute approximate surface area is 181 Å². The zero-order valence-electron chi connectivity index (χ0n) is 16.2. The number of hydrogen-bond donors (Lipinski definition) is 2. The highest BCUT2D eigenvalue weighted by Gasteiger charge is 2.09. The maximum Gasteiger partial charge on any atom is 0.223 e. The average molecular weight is 436 g/mol. The molecule has 0 saturated heterocycles. The Morgan fingerprint density at radius 1 is 0.933 bits per heavy atom. The van der Waals surface area contributed by atoms with Crippen LogP contribution < -0.4 is 10.6 Å². The number of carbonyl (C=O) groups excluding carboxylic acids is 2. The standard InChI is InChI=1S/C21H17N5O2S2/c1-12(27)23-15-4-6-16(7-5-15)29-20-22-10-9-17(25-20)14-3-8-18-19(11-14)30-21(26-18)24-13(2)28/h3-11H,1-2H3,(H,23,27)(H,24,26,28). The van der Waals surface area contributed by atoms with E-state index in [1.807, 2.05) is 48.5 Å². The number of rotatable bonds is 5. The fourth-order valence-electron chi connectivity index (χ4n) is 2.75. The Morgan fingerprint density at radius 3 is 2.43 bits per heavy atom. The van der Waals surface area contributed by atoms with E-state index < -0.39 is 0 Å². The number of carbonyl (C=O) groups is 2. The quantitative estimate of drug-likeness (QED) is 0.436. The van der Waals surface area contributed by atoms with Crippen molar-refractivity contribution in [2.75, 3.05) is 10.6 Å². The Morgan fingerprint density at radius 2 is 1.70 bits per heavy atom. The number of anilines is 2. The van der Waals surface area contributed by atoms with Crippen molar-refractivity contribution in [1.29, 1.82) is 0 Å². The molecule has 0 fully saturated rings. The molecule has 4 aromatic rings. The molecule has 9 heteroatoms. The van der Waals surface area contributed by atoms with Crippen molar-refractivity contribution in [3.63, 3.8) is 0 Å². The van der Waals surface area contributed by atoms with Crippen LogP contribution in [-0.2, 0) is 9.59 Å². The maximum atomic E-state index is 11.2. The van der Waals surface area contributed by atoms with Gasteiger partial charge in [0.15, 0.2) is 10.3 Å². The number of benzene rings is 2. The molecule has 0 radical (unpaired) electrons. The van der Waals surface area contributed by atoms with E-state index in [1.165, 1.54) is 36.9 Å². The van der Waals surface area contributed by atoms with E-state index in [4.69, 9.17) is 0 Å². The van der Waals surface area contributed by atoms with Gasteiger partial charge in [0, 0.05) is 36.2 Å². The molecule has 2 N–H and O–H groups in total. The summed E-state index contributed by atoms with van der Waals surface area (Å²) in [5.41, 5.74) is 3.33. The van der Waals surface area contributed by atoms with E-state index >= 15 is 0 Å². The molecule has 0 saturated carbocycles. The van der Waals surface area contributed by atoms with Gasteiger partial charge in [-0.1, -0.05) is 17.4 Å². The van der Waals surface area contributed by atoms with Crippen LogP contribution in [0.4, 0.5) is 10.8 Å². The number of amides is 2. The second kappa shape index (κ2) is 8.60. The fourth-order valence-corrected chi connectivity index (χ4v) is 4.45. The lowest BCUT2D eigenvalue weighted by Crippen LogP contribution is -2.05. The van der Waals surface area contributed by atoms with Crippen molar-refractivity contribution >= 4 is 55.9 Å². The van der Waals surface area contributed by atoms with Gasteiger partial charge in [0.2, 0.25) is 11.8 Å². The second-order valence-electron chi connectivity index (χ2n) is 6.41. The van der Waals surface area contributed by atoms with Gasteiger partial charge in [0.1, 0.15) is 0 Å². The third-order valence-electron chi connectivity index (χ3n) is 3.98. The van der Waals surface area contributed by atoms with E-state index in [-0.39, 0.29) is 11.8 Å². The SMILES string of the molecule is CC(=O)Nc1ccc(Sc2nccc(-c3ccc4nc(NC(C)=O)sc4c3)n2)cc1. The van der Waals surface area contributed by atoms with E-state index in [9.17, 15) is 9.59 Å². The van der Waals surface area contributed by atoms with Crippen molar-refractivity contribution in [2.24, 2.45) is 0 Å². The summed E-state index contributed by atoms with van der Waals surface area (Å²) in [7, 11) is 0. The van der Waals surface area contributed by atoms with Crippen LogP contribution in [0.25, 0.3) is 21.5 Å². The minimum atomic E-state index is -0.142. The molecular weight excluding hydrogens is 418 g/mol. The molecule has 2 amide bonds. The van der Waals surface area contributed by atoms with E-state index in [2.05, 4.69) is 25.6 Å². The second-order valence-corrected chi connectivity index (χ2v) is 8.49. The first-order valence-corrected chi connectivity index (χ1v) is 10.7. The molecule has 2 heterocycles. The first-order valence-electron chi connectivity index (χ1n) is 9.03. The number of nitrogens with one attached hydrogen (secondary N) is 2. The predicted octanol–water partition coefficient (Wildman–Crippen LogP) is 4.82. The molecule has 30 heavy (non-hydrogen) atoms. The third-order valence-corrected chi connectivity index (χ3v) is 5.81. The fraction of sp³-hybridized carbons (Fsp3) is 0.0952. The monoisotopic (exact) mass is 435 g/mol. The molecule has 0 aliphatic carbocycles. The lowest BCUT2D eigenvalue weighted by Gasteiger charge is -2.05. The van der Waals surface area contributed by atoms with E-state index in [0.29, 0.717) is 10.3 Å². The van der Waals surface area contributed by atoms with E-state index in [0.717, 1.165) is 32.1 Å². The normalized spacial score (nSPS) is 10.7. The number of thiazole rings is 1. The number of fused-ring (bicyclic) bond motifs is 1. The highest BCUT2D eigenvalue weighted by atomic mass is 32.2. The van der Waals surface area contributed by atoms with Gasteiger partial charge in [-0.05, 0) is 54.2 Å². The number of aromatic nitrogens is 3. The lowest BCUT2D eigenvalue weighted by molar-refractivity contribution is -0.115. The predicted molar refractivity (Wildman–Crippen MR) is 120 cm³/mol. The summed E-state index contributed by atoms with van der Waals surface area (Å²) < 4.78 is 0.970. The summed E-state index contributed by atoms with van der Waals surface area (Å²) in [4.78, 5) is 36.8. The molecule has 0 bridgehead atoms. The maximum absolute atomic E-state index is 11.2. The molecule has 0 unspecified atom stereocenters. The van der Waals surface area contributed by atoms with Gasteiger partial charge in [-0.25, -0.2) is 15.0 Å². The number of hydrogen-bond acceptors (Lipinski definition) is 7. The van der Waals surface area contributed by atoms with Crippen molar-refractivity contribution in [2.45, 2.75) is 23.9 Å². The van der Waals surface area contributed by atoms with Gasteiger partial charge in [-0.2, -0.15) is 0 Å². The third kappa shape index (κ3) is 4.81. The van der Waals surface area contributed by atoms with Crippen LogP contribution in [0.1, 0.15) is 13.8 Å². The van der Waals surface area contributed by atoms with Gasteiger partial charge < -0.3 is 10.6 Å². The molecule has 4 rings (SSSR count). The Kier molecular flexibility index (Phi) is 5.73. The largest absolute Gasteiger partial charge is 0.326 e. The van der Waals surface area contributed by atoms with Crippen LogP contribution in [-0.4, -0.2) is 26.8 Å². The van der Waals surface area contributed by atoms with Crippen LogP contribution in [0.3, 0.4) is 0 Å². The summed E-state index contributed by atoms with van der Waals surface area (Å²) in [6.45, 7) is 2.94. The van der Waals surface area contributed by atoms with Crippen molar-refractivity contribution in [3.8, 4) is 11.3 Å². The Bertz CT molecular complexity index is 1240. The van der Waals surface area contributed by atoms with Gasteiger partial charge in [-0.15, -0.1) is 0 Å². The van der Waals surface area contributed by atoms with Crippen molar-refractivity contribution in [3.05, 3.63) is 54.7 Å². The zero-order valence-corrected chi connectivity index (χ0v) is 17.8. The van der Waals surface area contributed by atoms with Gasteiger partial charge in [0.25, 0.3) is 0 Å². The zero-order chi connectivity index (χ0) is 21.1. The molecule has 7 nitrogen and oxygen atoms in total. The minimum absolute atomic E-state index is 0.103. The highest BCUT2D eigenvalue weighted by molar-refractivity contribution is 7.99. The summed E-state index contributed by atoms with van der Waals surface area (Å²) in [6.07, 6.45) is 1.73. The topological polar surface area (TPSA) is 96.9 Å². The Balaban J connectivity index is 1.55. The first-order chi connectivity index (χ1) is 14.5. The lowest BCUT2D eigenvalue weighted by atomic mass is 10.1. The molecule has 2 aromatic heterocycles.